The number of nitrogens with one attached hydrogen (secondary N) is 1. The molecule has 3 saturated heterocycles. The predicted octanol–water partition coefficient (Wildman–Crippen LogP) is 6.55. The highest BCUT2D eigenvalue weighted by Crippen LogP contribution is 2.35. The fraction of sp³-hybridized carbons (Fsp3) is 0.571. The van der Waals surface area contributed by atoms with Gasteiger partial charge in [0.05, 0.1) is 5.56 Å². The van der Waals surface area contributed by atoms with Gasteiger partial charge in [-0.3, -0.25) is 4.79 Å². The molecule has 6 rings (SSSR count). The number of benzene rings is 2. The summed E-state index contributed by atoms with van der Waals surface area (Å²) in [7, 11) is 0. The number of anilines is 1. The van der Waals surface area contributed by atoms with Crippen LogP contribution in [0.25, 0.3) is 0 Å². The van der Waals surface area contributed by atoms with Gasteiger partial charge in [-0.15, -0.1) is 0 Å². The highest BCUT2D eigenvalue weighted by atomic mass is 79.9. The minimum atomic E-state index is -4.53. The van der Waals surface area contributed by atoms with Gasteiger partial charge in [0.1, 0.15) is 0 Å². The molecule has 0 bridgehead atoms. The van der Waals surface area contributed by atoms with Crippen molar-refractivity contribution < 1.29 is 32.3 Å². The number of nitrogens with zero attached hydrogens (tertiary/aromatic N) is 4. The van der Waals surface area contributed by atoms with Crippen molar-refractivity contribution in [2.75, 3.05) is 51.1 Å². The normalized spacial score (nSPS) is 20.9. The molecule has 0 aliphatic carbocycles. The molecule has 13 heteroatoms. The molecule has 48 heavy (non-hydrogen) atoms. The summed E-state index contributed by atoms with van der Waals surface area (Å²) in [6.07, 6.45) is 0.779. The highest BCUT2D eigenvalue weighted by molar-refractivity contribution is 9.10. The van der Waals surface area contributed by atoms with Gasteiger partial charge in [-0.1, -0.05) is 46.6 Å². The average molecular weight is 735 g/mol. The number of fused-ring (bicyclic) bond motifs is 1. The Balaban J connectivity index is 1.10. The Morgan fingerprint density at radius 1 is 0.875 bits per heavy atom. The number of para-hydroxylation sites is 1. The first-order chi connectivity index (χ1) is 23.1. The molecule has 4 heterocycles. The van der Waals surface area contributed by atoms with E-state index in [1.807, 2.05) is 29.2 Å². The molecule has 260 valence electrons. The van der Waals surface area contributed by atoms with Crippen LogP contribution in [0.5, 0.6) is 0 Å². The van der Waals surface area contributed by atoms with Gasteiger partial charge in [0, 0.05) is 61.4 Å². The van der Waals surface area contributed by atoms with Crippen LogP contribution in [0.3, 0.4) is 0 Å². The average Bonchev–Trinajstić information content (AvgIpc) is 3.25. The maximum Gasteiger partial charge on any atom is 0.417 e. The van der Waals surface area contributed by atoms with E-state index in [-0.39, 0.29) is 28.9 Å². The molecule has 4 amide bonds. The minimum Gasteiger partial charge on any atom is -0.436 e. The van der Waals surface area contributed by atoms with Gasteiger partial charge >= 0.3 is 18.3 Å². The van der Waals surface area contributed by atoms with E-state index in [1.165, 1.54) is 31.4 Å². The third-order valence-corrected chi connectivity index (χ3v) is 10.9. The Hall–Kier alpha value is -3.32. The summed E-state index contributed by atoms with van der Waals surface area (Å²) in [4.78, 5) is 48.1. The van der Waals surface area contributed by atoms with Gasteiger partial charge in [-0.05, 0) is 87.4 Å². The zero-order chi connectivity index (χ0) is 33.8. The third-order valence-electron chi connectivity index (χ3n) is 10.3. The molecule has 0 unspecified atom stereocenters. The summed E-state index contributed by atoms with van der Waals surface area (Å²) in [5, 5.41) is 3.00. The number of hydrogen-bond donors (Lipinski definition) is 1. The number of halogens is 4. The van der Waals surface area contributed by atoms with Crippen LogP contribution in [0.4, 0.5) is 28.4 Å². The topological polar surface area (TPSA) is 85.4 Å². The van der Waals surface area contributed by atoms with Gasteiger partial charge in [0.25, 0.3) is 5.91 Å². The third kappa shape index (κ3) is 8.10. The van der Waals surface area contributed by atoms with Gasteiger partial charge in [0.15, 0.2) is 6.10 Å². The Kier molecular flexibility index (Phi) is 10.8. The molecule has 0 radical (unpaired) electrons. The van der Waals surface area contributed by atoms with Crippen LogP contribution in [0.15, 0.2) is 46.9 Å². The lowest BCUT2D eigenvalue weighted by Crippen LogP contribution is -2.53. The summed E-state index contributed by atoms with van der Waals surface area (Å²) >= 11 is 3.03. The summed E-state index contributed by atoms with van der Waals surface area (Å²) in [5.41, 5.74) is 1.55. The molecule has 0 saturated carbocycles. The minimum absolute atomic E-state index is 0.0433. The van der Waals surface area contributed by atoms with Gasteiger partial charge < -0.3 is 29.7 Å². The molecule has 2 aromatic carbocycles. The first-order valence-electron chi connectivity index (χ1n) is 17.1. The zero-order valence-corrected chi connectivity index (χ0v) is 28.6. The molecule has 1 atom stereocenters. The number of hydrogen-bond acceptors (Lipinski definition) is 5. The van der Waals surface area contributed by atoms with Crippen molar-refractivity contribution >= 4 is 39.6 Å². The van der Waals surface area contributed by atoms with E-state index >= 15 is 0 Å². The highest BCUT2D eigenvalue weighted by Gasteiger charge is 2.37. The summed E-state index contributed by atoms with van der Waals surface area (Å²) in [5.74, 6) is -0.327. The largest absolute Gasteiger partial charge is 0.436 e. The van der Waals surface area contributed by atoms with Crippen LogP contribution in [-0.4, -0.2) is 102 Å². The molecule has 2 aromatic rings. The number of ether oxygens (including phenoxy) is 1. The second-order valence-corrected chi connectivity index (χ2v) is 14.1. The monoisotopic (exact) mass is 733 g/mol. The van der Waals surface area contributed by atoms with Gasteiger partial charge in [-0.2, -0.15) is 13.2 Å². The standard InChI is InChI=1S/C35H43BrF3N5O4/c36-29-22-24(8-9-28(29)35(37,38)39)23-31(32(45)42-17-11-26(12-18-42)41-15-4-1-5-16-41)48-34(47)43-19-13-27(14-20-43)44-21-10-25-6-2-3-7-30(25)40-33(44)46/h2-3,6-9,22,26-27,31H,1,4-5,10-21,23H2,(H,40,46)/t31-/m1/s1. The molecule has 4 aliphatic rings. The Morgan fingerprint density at radius 2 is 1.54 bits per heavy atom. The lowest BCUT2D eigenvalue weighted by molar-refractivity contribution is -0.142. The Morgan fingerprint density at radius 3 is 2.23 bits per heavy atom. The van der Waals surface area contributed by atoms with Crippen molar-refractivity contribution in [3.63, 3.8) is 0 Å². The molecule has 4 aliphatic heterocycles. The van der Waals surface area contributed by atoms with Crippen molar-refractivity contribution in [3.8, 4) is 0 Å². The second kappa shape index (κ2) is 15.1. The van der Waals surface area contributed by atoms with Crippen LogP contribution in [0.1, 0.15) is 61.6 Å². The Labute approximate surface area is 287 Å². The first-order valence-corrected chi connectivity index (χ1v) is 17.9. The quantitative estimate of drug-likeness (QED) is 0.364. The molecular weight excluding hydrogens is 691 g/mol. The summed E-state index contributed by atoms with van der Waals surface area (Å²) in [6, 6.07) is 11.6. The van der Waals surface area contributed by atoms with E-state index in [9.17, 15) is 27.6 Å². The van der Waals surface area contributed by atoms with Crippen molar-refractivity contribution in [3.05, 3.63) is 63.6 Å². The Bertz CT molecular complexity index is 1470. The number of amides is 4. The van der Waals surface area contributed by atoms with Gasteiger partial charge in [-0.25, -0.2) is 9.59 Å². The van der Waals surface area contributed by atoms with Crippen molar-refractivity contribution in [2.45, 2.75) is 82.2 Å². The van der Waals surface area contributed by atoms with Crippen LogP contribution < -0.4 is 5.32 Å². The number of likely N-dealkylation sites (tertiary alicyclic amines) is 3. The van der Waals surface area contributed by atoms with Crippen LogP contribution >= 0.6 is 15.9 Å². The lowest BCUT2D eigenvalue weighted by atomic mass is 9.98. The smallest absolute Gasteiger partial charge is 0.417 e. The van der Waals surface area contributed by atoms with Crippen LogP contribution in [0.2, 0.25) is 0 Å². The number of rotatable bonds is 6. The first kappa shape index (κ1) is 34.5. The van der Waals surface area contributed by atoms with E-state index in [4.69, 9.17) is 4.74 Å². The van der Waals surface area contributed by atoms with Crippen molar-refractivity contribution in [1.29, 1.82) is 0 Å². The van der Waals surface area contributed by atoms with E-state index in [0.717, 1.165) is 49.7 Å². The van der Waals surface area contributed by atoms with Crippen LogP contribution in [0, 0.1) is 0 Å². The van der Waals surface area contributed by atoms with E-state index < -0.39 is 23.9 Å². The summed E-state index contributed by atoms with van der Waals surface area (Å²) < 4.78 is 46.0. The van der Waals surface area contributed by atoms with Crippen molar-refractivity contribution in [1.82, 2.24) is 19.6 Å². The molecule has 9 nitrogen and oxygen atoms in total. The fourth-order valence-corrected chi connectivity index (χ4v) is 8.19. The SMILES string of the molecule is O=C(O[C@H](Cc1ccc(C(F)(F)F)c(Br)c1)C(=O)N1CCC(N2CCCCC2)CC1)N1CCC(N2CCc3ccccc3NC2=O)CC1. The van der Waals surface area contributed by atoms with Crippen LogP contribution in [-0.2, 0) is 28.5 Å². The van der Waals surface area contributed by atoms with Gasteiger partial charge in [0.2, 0.25) is 0 Å². The van der Waals surface area contributed by atoms with E-state index in [2.05, 4.69) is 26.1 Å². The van der Waals surface area contributed by atoms with E-state index in [1.54, 1.807) is 9.80 Å². The molecule has 0 aromatic heterocycles. The molecular formula is C35H43BrF3N5O4. The zero-order valence-electron chi connectivity index (χ0n) is 27.0. The number of carbonyl (C=O) groups excluding carboxylic acids is 3. The number of carbonyl (C=O) groups is 3. The van der Waals surface area contributed by atoms with E-state index in [0.29, 0.717) is 57.2 Å². The number of urea groups is 1. The number of piperidine rings is 3. The maximum atomic E-state index is 13.9. The molecule has 1 N–H and O–H groups in total. The summed E-state index contributed by atoms with van der Waals surface area (Å²) in [6.45, 7) is 4.52. The fourth-order valence-electron chi connectivity index (χ4n) is 7.54. The molecule has 0 spiro atoms. The lowest BCUT2D eigenvalue weighted by Gasteiger charge is -2.41. The second-order valence-electron chi connectivity index (χ2n) is 13.3. The predicted molar refractivity (Wildman–Crippen MR) is 179 cm³/mol. The van der Waals surface area contributed by atoms with Crippen molar-refractivity contribution in [2.24, 2.45) is 0 Å². The molecule has 3 fully saturated rings. The number of alkyl halides is 3. The maximum absolute atomic E-state index is 13.9.